The third-order valence-electron chi connectivity index (χ3n) is 2.35. The van der Waals surface area contributed by atoms with Gasteiger partial charge in [0.2, 0.25) is 5.78 Å². The Hall–Kier alpha value is -1.17. The molecule has 1 heterocycles. The zero-order chi connectivity index (χ0) is 13.3. The molecule has 0 aliphatic rings. The van der Waals surface area contributed by atoms with E-state index in [1.807, 2.05) is 0 Å². The molecule has 0 aliphatic carbocycles. The zero-order valence-electron chi connectivity index (χ0n) is 9.38. The van der Waals surface area contributed by atoms with Gasteiger partial charge < -0.3 is 0 Å². The van der Waals surface area contributed by atoms with Crippen LogP contribution in [0, 0.1) is 0 Å². The highest BCUT2D eigenvalue weighted by Gasteiger charge is 2.16. The van der Waals surface area contributed by atoms with Crippen molar-refractivity contribution in [2.24, 2.45) is 0 Å². The Balaban J connectivity index is 2.47. The van der Waals surface area contributed by atoms with Gasteiger partial charge in [-0.1, -0.05) is 23.7 Å². The number of carbonyl (C=O) groups is 1. The highest BCUT2D eigenvalue weighted by Crippen LogP contribution is 2.25. The van der Waals surface area contributed by atoms with Crippen molar-refractivity contribution < 1.29 is 13.2 Å². The van der Waals surface area contributed by atoms with Gasteiger partial charge in [-0.05, 0) is 23.6 Å². The van der Waals surface area contributed by atoms with Gasteiger partial charge in [0.05, 0.1) is 14.8 Å². The average Bonchev–Trinajstić information content (AvgIpc) is 2.73. The number of ketones is 1. The maximum Gasteiger partial charge on any atom is 0.204 e. The normalized spacial score (nSPS) is 11.4. The Kier molecular flexibility index (Phi) is 3.56. The van der Waals surface area contributed by atoms with Gasteiger partial charge in [-0.2, -0.15) is 0 Å². The van der Waals surface area contributed by atoms with Crippen LogP contribution in [0.15, 0.2) is 40.6 Å². The fraction of sp³-hybridized carbons (Fsp3) is 0.0833. The quantitative estimate of drug-likeness (QED) is 0.819. The lowest BCUT2D eigenvalue weighted by molar-refractivity contribution is 0.104. The monoisotopic (exact) mass is 300 g/mol. The minimum absolute atomic E-state index is 0.126. The molecule has 0 amide bonds. The number of sulfone groups is 1. The van der Waals surface area contributed by atoms with Crippen LogP contribution in [0.4, 0.5) is 0 Å². The van der Waals surface area contributed by atoms with Crippen LogP contribution in [0.2, 0.25) is 5.02 Å². The van der Waals surface area contributed by atoms with Gasteiger partial charge in [-0.15, -0.1) is 11.3 Å². The van der Waals surface area contributed by atoms with E-state index in [4.69, 9.17) is 11.6 Å². The molecule has 6 heteroatoms. The second-order valence-electron chi connectivity index (χ2n) is 3.73. The van der Waals surface area contributed by atoms with Gasteiger partial charge >= 0.3 is 0 Å². The van der Waals surface area contributed by atoms with E-state index in [0.717, 1.165) is 6.26 Å². The van der Waals surface area contributed by atoms with Crippen LogP contribution in [0.1, 0.15) is 15.2 Å². The van der Waals surface area contributed by atoms with Gasteiger partial charge in [0.1, 0.15) is 0 Å². The summed E-state index contributed by atoms with van der Waals surface area (Å²) in [7, 11) is -3.32. The minimum atomic E-state index is -3.32. The molecule has 3 nitrogen and oxygen atoms in total. The number of thiophene rings is 1. The fourth-order valence-corrected chi connectivity index (χ4v) is 3.22. The van der Waals surface area contributed by atoms with E-state index < -0.39 is 9.84 Å². The first kappa shape index (κ1) is 13.3. The molecular formula is C12H9ClO3S2. The van der Waals surface area contributed by atoms with Crippen LogP contribution in [-0.4, -0.2) is 20.5 Å². The lowest BCUT2D eigenvalue weighted by Gasteiger charge is -2.02. The summed E-state index contributed by atoms with van der Waals surface area (Å²) in [6.07, 6.45) is 1.11. The molecule has 2 aromatic rings. The van der Waals surface area contributed by atoms with Crippen molar-refractivity contribution in [2.75, 3.05) is 6.26 Å². The average molecular weight is 301 g/mol. The SMILES string of the molecule is CS(=O)(=O)c1cccc(C(=O)c2sccc2Cl)c1. The second kappa shape index (κ2) is 4.84. The largest absolute Gasteiger partial charge is 0.288 e. The number of hydrogen-bond acceptors (Lipinski definition) is 4. The standard InChI is InChI=1S/C12H9ClO3S2/c1-18(15,16)9-4-2-3-8(7-9)11(14)12-10(13)5-6-17-12/h2-7H,1H3. The summed E-state index contributed by atoms with van der Waals surface area (Å²) in [6, 6.07) is 7.59. The van der Waals surface area contributed by atoms with Crippen LogP contribution < -0.4 is 0 Å². The van der Waals surface area contributed by atoms with E-state index in [1.54, 1.807) is 23.6 Å². The molecule has 18 heavy (non-hydrogen) atoms. The first-order valence-electron chi connectivity index (χ1n) is 4.97. The number of benzene rings is 1. The van der Waals surface area contributed by atoms with Gasteiger partial charge in [-0.25, -0.2) is 8.42 Å². The van der Waals surface area contributed by atoms with Crippen molar-refractivity contribution >= 4 is 38.6 Å². The Labute approximate surface area is 114 Å². The molecule has 0 bridgehead atoms. The molecule has 0 saturated carbocycles. The van der Waals surface area contributed by atoms with Crippen LogP contribution >= 0.6 is 22.9 Å². The molecule has 0 fully saturated rings. The van der Waals surface area contributed by atoms with E-state index in [9.17, 15) is 13.2 Å². The maximum absolute atomic E-state index is 12.1. The van der Waals surface area contributed by atoms with Gasteiger partial charge in [0.15, 0.2) is 9.84 Å². The van der Waals surface area contributed by atoms with E-state index in [-0.39, 0.29) is 10.7 Å². The molecule has 2 rings (SSSR count). The lowest BCUT2D eigenvalue weighted by atomic mass is 10.1. The van der Waals surface area contributed by atoms with Gasteiger partial charge in [0.25, 0.3) is 0 Å². The van der Waals surface area contributed by atoms with Crippen molar-refractivity contribution in [3.8, 4) is 0 Å². The molecular weight excluding hydrogens is 292 g/mol. The molecule has 94 valence electrons. The van der Waals surface area contributed by atoms with Crippen molar-refractivity contribution in [3.63, 3.8) is 0 Å². The van der Waals surface area contributed by atoms with E-state index in [0.29, 0.717) is 15.5 Å². The molecule has 0 aliphatic heterocycles. The summed E-state index contributed by atoms with van der Waals surface area (Å²) in [5.74, 6) is -0.263. The van der Waals surface area contributed by atoms with E-state index in [1.165, 1.54) is 23.5 Å². The van der Waals surface area contributed by atoms with E-state index >= 15 is 0 Å². The van der Waals surface area contributed by atoms with Crippen molar-refractivity contribution in [3.05, 3.63) is 51.2 Å². The highest BCUT2D eigenvalue weighted by molar-refractivity contribution is 7.90. The number of carbonyl (C=O) groups excluding carboxylic acids is 1. The van der Waals surface area contributed by atoms with Crippen LogP contribution in [0.3, 0.4) is 0 Å². The molecule has 0 saturated heterocycles. The summed E-state index contributed by atoms with van der Waals surface area (Å²) in [5, 5.41) is 2.10. The first-order chi connectivity index (χ1) is 8.39. The smallest absolute Gasteiger partial charge is 0.204 e. The number of hydrogen-bond donors (Lipinski definition) is 0. The lowest BCUT2D eigenvalue weighted by Crippen LogP contribution is -2.03. The highest BCUT2D eigenvalue weighted by atomic mass is 35.5. The Morgan fingerprint density at radius 1 is 1.28 bits per heavy atom. The minimum Gasteiger partial charge on any atom is -0.288 e. The Bertz CT molecular complexity index is 702. The summed E-state index contributed by atoms with van der Waals surface area (Å²) < 4.78 is 22.9. The molecule has 0 spiro atoms. The van der Waals surface area contributed by atoms with Crippen molar-refractivity contribution in [1.29, 1.82) is 0 Å². The van der Waals surface area contributed by atoms with Crippen LogP contribution in [0.5, 0.6) is 0 Å². The summed E-state index contributed by atoms with van der Waals surface area (Å²) in [4.78, 5) is 12.7. The predicted octanol–water partition coefficient (Wildman–Crippen LogP) is 3.04. The summed E-state index contributed by atoms with van der Waals surface area (Å²) >= 11 is 7.12. The van der Waals surface area contributed by atoms with Gasteiger partial charge in [-0.3, -0.25) is 4.79 Å². The summed E-state index contributed by atoms with van der Waals surface area (Å²) in [5.41, 5.74) is 0.322. The third-order valence-corrected chi connectivity index (χ3v) is 4.80. The number of rotatable bonds is 3. The third kappa shape index (κ3) is 2.63. The van der Waals surface area contributed by atoms with Gasteiger partial charge in [0, 0.05) is 11.8 Å². The molecule has 1 aromatic heterocycles. The molecule has 0 atom stereocenters. The zero-order valence-corrected chi connectivity index (χ0v) is 11.8. The Morgan fingerprint density at radius 3 is 2.56 bits per heavy atom. The van der Waals surface area contributed by atoms with Crippen LogP contribution in [0.25, 0.3) is 0 Å². The topological polar surface area (TPSA) is 51.2 Å². The molecule has 0 radical (unpaired) electrons. The van der Waals surface area contributed by atoms with E-state index in [2.05, 4.69) is 0 Å². The predicted molar refractivity (Wildman–Crippen MR) is 72.3 cm³/mol. The molecule has 1 aromatic carbocycles. The van der Waals surface area contributed by atoms with Crippen molar-refractivity contribution in [2.45, 2.75) is 4.90 Å². The maximum atomic E-state index is 12.1. The second-order valence-corrected chi connectivity index (χ2v) is 7.07. The number of halogens is 1. The molecule has 0 unspecified atom stereocenters. The fourth-order valence-electron chi connectivity index (χ4n) is 1.45. The first-order valence-corrected chi connectivity index (χ1v) is 8.12. The summed E-state index contributed by atoms with van der Waals surface area (Å²) in [6.45, 7) is 0. The molecule has 0 N–H and O–H groups in total. The van der Waals surface area contributed by atoms with Crippen LogP contribution in [-0.2, 0) is 9.84 Å². The van der Waals surface area contributed by atoms with Crippen molar-refractivity contribution in [1.82, 2.24) is 0 Å². The Morgan fingerprint density at radius 2 is 2.00 bits per heavy atom.